The summed E-state index contributed by atoms with van der Waals surface area (Å²) in [5.41, 5.74) is 1.17. The number of amides is 1. The van der Waals surface area contributed by atoms with Crippen LogP contribution >= 0.6 is 0 Å². The van der Waals surface area contributed by atoms with E-state index in [1.165, 1.54) is 24.3 Å². The second-order valence-corrected chi connectivity index (χ2v) is 4.68. The lowest BCUT2D eigenvalue weighted by molar-refractivity contribution is 0.0505. The van der Waals surface area contributed by atoms with Crippen molar-refractivity contribution in [1.82, 2.24) is 0 Å². The van der Waals surface area contributed by atoms with E-state index in [4.69, 9.17) is 4.74 Å². The van der Waals surface area contributed by atoms with Crippen molar-refractivity contribution in [2.75, 3.05) is 11.9 Å². The summed E-state index contributed by atoms with van der Waals surface area (Å²) in [7, 11) is 0. The molecule has 0 saturated carbocycles. The number of halogens is 1. The standard InChI is InChI=1S/C17H16FNO3/c1-2-10-22-17(21)13-4-3-5-15(11-13)19-16(20)12-6-8-14(18)9-7-12/h3-9,11H,2,10H2,1H3,(H,19,20). The molecule has 0 aliphatic rings. The lowest BCUT2D eigenvalue weighted by atomic mass is 10.1. The number of hydrogen-bond acceptors (Lipinski definition) is 3. The highest BCUT2D eigenvalue weighted by Crippen LogP contribution is 2.14. The van der Waals surface area contributed by atoms with Crippen LogP contribution in [0.3, 0.4) is 0 Å². The van der Waals surface area contributed by atoms with Crippen molar-refractivity contribution >= 4 is 17.6 Å². The number of nitrogens with one attached hydrogen (secondary N) is 1. The van der Waals surface area contributed by atoms with E-state index in [-0.39, 0.29) is 5.91 Å². The second-order valence-electron chi connectivity index (χ2n) is 4.68. The van der Waals surface area contributed by atoms with Gasteiger partial charge in [0, 0.05) is 11.3 Å². The van der Waals surface area contributed by atoms with Gasteiger partial charge in [0.25, 0.3) is 5.91 Å². The van der Waals surface area contributed by atoms with Crippen LogP contribution in [0.25, 0.3) is 0 Å². The highest BCUT2D eigenvalue weighted by Gasteiger charge is 2.10. The zero-order valence-corrected chi connectivity index (χ0v) is 12.1. The lowest BCUT2D eigenvalue weighted by Crippen LogP contribution is -2.13. The third-order valence-corrected chi connectivity index (χ3v) is 2.90. The fraction of sp³-hybridized carbons (Fsp3) is 0.176. The van der Waals surface area contributed by atoms with Crippen molar-refractivity contribution < 1.29 is 18.7 Å². The van der Waals surface area contributed by atoms with Crippen molar-refractivity contribution in [3.63, 3.8) is 0 Å². The minimum absolute atomic E-state index is 0.334. The average Bonchev–Trinajstić information content (AvgIpc) is 2.53. The quantitative estimate of drug-likeness (QED) is 0.858. The third-order valence-electron chi connectivity index (χ3n) is 2.90. The zero-order chi connectivity index (χ0) is 15.9. The highest BCUT2D eigenvalue weighted by molar-refractivity contribution is 6.04. The first-order chi connectivity index (χ1) is 10.6. The topological polar surface area (TPSA) is 55.4 Å². The summed E-state index contributed by atoms with van der Waals surface area (Å²) < 4.78 is 17.9. The number of carbonyl (C=O) groups excluding carboxylic acids is 2. The van der Waals surface area contributed by atoms with Gasteiger partial charge in [0.05, 0.1) is 12.2 Å². The molecule has 5 heteroatoms. The van der Waals surface area contributed by atoms with Crippen molar-refractivity contribution in [1.29, 1.82) is 0 Å². The Bertz CT molecular complexity index is 668. The van der Waals surface area contributed by atoms with E-state index >= 15 is 0 Å². The Labute approximate surface area is 127 Å². The molecule has 0 bridgehead atoms. The van der Waals surface area contributed by atoms with Crippen molar-refractivity contribution in [2.45, 2.75) is 13.3 Å². The summed E-state index contributed by atoms with van der Waals surface area (Å²) in [5, 5.41) is 2.66. The van der Waals surface area contributed by atoms with Crippen LogP contribution in [-0.4, -0.2) is 18.5 Å². The first-order valence-electron chi connectivity index (χ1n) is 6.94. The minimum Gasteiger partial charge on any atom is -0.462 e. The van der Waals surface area contributed by atoms with Gasteiger partial charge in [-0.05, 0) is 48.9 Å². The molecule has 22 heavy (non-hydrogen) atoms. The molecule has 1 N–H and O–H groups in total. The van der Waals surface area contributed by atoms with E-state index < -0.39 is 11.8 Å². The normalized spacial score (nSPS) is 10.1. The van der Waals surface area contributed by atoms with E-state index in [0.29, 0.717) is 23.4 Å². The zero-order valence-electron chi connectivity index (χ0n) is 12.1. The predicted octanol–water partition coefficient (Wildman–Crippen LogP) is 3.64. The van der Waals surface area contributed by atoms with Gasteiger partial charge in [-0.1, -0.05) is 13.0 Å². The number of ether oxygens (including phenoxy) is 1. The molecule has 0 fully saturated rings. The summed E-state index contributed by atoms with van der Waals surface area (Å²) in [5.74, 6) is -1.21. The number of benzene rings is 2. The molecule has 0 aromatic heterocycles. The van der Waals surface area contributed by atoms with Gasteiger partial charge in [0.15, 0.2) is 0 Å². The Morgan fingerprint density at radius 2 is 1.82 bits per heavy atom. The minimum atomic E-state index is -0.431. The predicted molar refractivity (Wildman–Crippen MR) is 81.4 cm³/mol. The van der Waals surface area contributed by atoms with Gasteiger partial charge < -0.3 is 10.1 Å². The van der Waals surface area contributed by atoms with E-state index in [1.54, 1.807) is 24.3 Å². The van der Waals surface area contributed by atoms with Crippen molar-refractivity contribution in [3.8, 4) is 0 Å². The summed E-state index contributed by atoms with van der Waals surface area (Å²) in [6.45, 7) is 2.26. The molecule has 0 heterocycles. The van der Waals surface area contributed by atoms with Crippen LogP contribution in [-0.2, 0) is 4.74 Å². The van der Waals surface area contributed by atoms with Gasteiger partial charge in [-0.3, -0.25) is 4.79 Å². The molecule has 4 nitrogen and oxygen atoms in total. The number of rotatable bonds is 5. The van der Waals surface area contributed by atoms with Crippen LogP contribution in [0.1, 0.15) is 34.1 Å². The van der Waals surface area contributed by atoms with E-state index in [2.05, 4.69) is 5.32 Å². The number of esters is 1. The van der Waals surface area contributed by atoms with Crippen molar-refractivity contribution in [3.05, 3.63) is 65.5 Å². The first-order valence-corrected chi connectivity index (χ1v) is 6.94. The lowest BCUT2D eigenvalue weighted by Gasteiger charge is -2.07. The monoisotopic (exact) mass is 301 g/mol. The van der Waals surface area contributed by atoms with Crippen molar-refractivity contribution in [2.24, 2.45) is 0 Å². The number of hydrogen-bond donors (Lipinski definition) is 1. The van der Waals surface area contributed by atoms with Gasteiger partial charge in [-0.25, -0.2) is 9.18 Å². The molecule has 0 unspecified atom stereocenters. The van der Waals surface area contributed by atoms with Crippen LogP contribution in [0.5, 0.6) is 0 Å². The van der Waals surface area contributed by atoms with Crippen LogP contribution in [0, 0.1) is 5.82 Å². The molecule has 2 rings (SSSR count). The molecule has 0 aliphatic carbocycles. The molecular weight excluding hydrogens is 285 g/mol. The Kier molecular flexibility index (Phi) is 5.25. The largest absolute Gasteiger partial charge is 0.462 e. The van der Waals surface area contributed by atoms with Gasteiger partial charge >= 0.3 is 5.97 Å². The number of anilines is 1. The maximum Gasteiger partial charge on any atom is 0.338 e. The Morgan fingerprint density at radius 1 is 1.09 bits per heavy atom. The van der Waals surface area contributed by atoms with E-state index in [0.717, 1.165) is 6.42 Å². The molecular formula is C17H16FNO3. The Morgan fingerprint density at radius 3 is 2.50 bits per heavy atom. The van der Waals surface area contributed by atoms with Crippen LogP contribution < -0.4 is 5.32 Å². The van der Waals surface area contributed by atoms with Crippen LogP contribution in [0.2, 0.25) is 0 Å². The van der Waals surface area contributed by atoms with Crippen LogP contribution in [0.15, 0.2) is 48.5 Å². The van der Waals surface area contributed by atoms with Gasteiger partial charge in [-0.2, -0.15) is 0 Å². The van der Waals surface area contributed by atoms with E-state index in [9.17, 15) is 14.0 Å². The summed E-state index contributed by atoms with van der Waals surface area (Å²) >= 11 is 0. The third kappa shape index (κ3) is 4.15. The molecule has 2 aromatic carbocycles. The maximum absolute atomic E-state index is 12.8. The van der Waals surface area contributed by atoms with Gasteiger partial charge in [0.2, 0.25) is 0 Å². The Balaban J connectivity index is 2.08. The van der Waals surface area contributed by atoms with Gasteiger partial charge in [0.1, 0.15) is 5.82 Å². The SMILES string of the molecule is CCCOC(=O)c1cccc(NC(=O)c2ccc(F)cc2)c1. The fourth-order valence-electron chi connectivity index (χ4n) is 1.81. The first kappa shape index (κ1) is 15.7. The Hall–Kier alpha value is -2.69. The maximum atomic E-state index is 12.8. The fourth-order valence-corrected chi connectivity index (χ4v) is 1.81. The van der Waals surface area contributed by atoms with E-state index in [1.807, 2.05) is 6.92 Å². The van der Waals surface area contributed by atoms with Crippen LogP contribution in [0.4, 0.5) is 10.1 Å². The summed E-state index contributed by atoms with van der Waals surface area (Å²) in [4.78, 5) is 23.8. The molecule has 0 radical (unpaired) electrons. The summed E-state index contributed by atoms with van der Waals surface area (Å²) in [6.07, 6.45) is 0.743. The average molecular weight is 301 g/mol. The molecule has 114 valence electrons. The molecule has 0 saturated heterocycles. The molecule has 0 aliphatic heterocycles. The summed E-state index contributed by atoms with van der Waals surface area (Å²) in [6, 6.07) is 11.7. The second kappa shape index (κ2) is 7.36. The molecule has 0 atom stereocenters. The number of carbonyl (C=O) groups is 2. The smallest absolute Gasteiger partial charge is 0.338 e. The highest BCUT2D eigenvalue weighted by atomic mass is 19.1. The molecule has 2 aromatic rings. The molecule has 0 spiro atoms. The van der Waals surface area contributed by atoms with Gasteiger partial charge in [-0.15, -0.1) is 0 Å². The molecule has 1 amide bonds.